The quantitative estimate of drug-likeness (QED) is 0.845. The summed E-state index contributed by atoms with van der Waals surface area (Å²) in [7, 11) is 1.63. The molecule has 0 saturated heterocycles. The van der Waals surface area contributed by atoms with Gasteiger partial charge in [0.05, 0.1) is 12.6 Å². The predicted octanol–water partition coefficient (Wildman–Crippen LogP) is 1.54. The van der Waals surface area contributed by atoms with E-state index in [1.54, 1.807) is 14.0 Å². The lowest BCUT2D eigenvalue weighted by Gasteiger charge is -2.08. The number of methoxy groups -OCH3 is 1. The Kier molecular flexibility index (Phi) is 6.72. The molecule has 0 aliphatic heterocycles. The third kappa shape index (κ3) is 4.61. The molecule has 4 nitrogen and oxygen atoms in total. The van der Waals surface area contributed by atoms with Crippen LogP contribution in [0.2, 0.25) is 0 Å². The van der Waals surface area contributed by atoms with E-state index in [2.05, 4.69) is 5.32 Å². The second-order valence-electron chi connectivity index (χ2n) is 3.41. The lowest BCUT2D eigenvalue weighted by atomic mass is 10.2. The van der Waals surface area contributed by atoms with Gasteiger partial charge in [-0.1, -0.05) is 12.1 Å². The van der Waals surface area contributed by atoms with E-state index < -0.39 is 6.04 Å². The summed E-state index contributed by atoms with van der Waals surface area (Å²) >= 11 is 0. The Morgan fingerprint density at radius 2 is 2.25 bits per heavy atom. The fourth-order valence-corrected chi connectivity index (χ4v) is 1.16. The maximum atomic E-state index is 11.3. The second-order valence-corrected chi connectivity index (χ2v) is 3.41. The third-order valence-electron chi connectivity index (χ3n) is 1.92. The van der Waals surface area contributed by atoms with E-state index in [0.29, 0.717) is 6.61 Å². The zero-order chi connectivity index (χ0) is 11.3. The molecule has 0 saturated carbocycles. The number of nitrogens with two attached hydrogens (primary N) is 1. The SMILES string of the molecule is COCc1cccc(NC(=O)[C@H](C)N)c1.Cl. The molecule has 0 aromatic heterocycles. The first kappa shape index (κ1) is 14.9. The lowest BCUT2D eigenvalue weighted by molar-refractivity contribution is -0.117. The largest absolute Gasteiger partial charge is 0.380 e. The Morgan fingerprint density at radius 1 is 1.56 bits per heavy atom. The van der Waals surface area contributed by atoms with Crippen LogP contribution in [0.4, 0.5) is 5.69 Å². The van der Waals surface area contributed by atoms with Crippen LogP contribution in [-0.4, -0.2) is 19.1 Å². The van der Waals surface area contributed by atoms with Crippen molar-refractivity contribution in [3.05, 3.63) is 29.8 Å². The van der Waals surface area contributed by atoms with Gasteiger partial charge in [-0.15, -0.1) is 12.4 Å². The fourth-order valence-electron chi connectivity index (χ4n) is 1.16. The molecular weight excluding hydrogens is 228 g/mol. The molecule has 0 unspecified atom stereocenters. The van der Waals surface area contributed by atoms with Crippen LogP contribution in [0.1, 0.15) is 12.5 Å². The van der Waals surface area contributed by atoms with Gasteiger partial charge in [-0.2, -0.15) is 0 Å². The molecule has 0 radical (unpaired) electrons. The molecule has 1 aromatic carbocycles. The summed E-state index contributed by atoms with van der Waals surface area (Å²) in [6, 6.07) is 6.98. The highest BCUT2D eigenvalue weighted by Gasteiger charge is 2.07. The average molecular weight is 245 g/mol. The summed E-state index contributed by atoms with van der Waals surface area (Å²) in [5, 5.41) is 2.72. The molecule has 0 aliphatic carbocycles. The molecule has 16 heavy (non-hydrogen) atoms. The zero-order valence-corrected chi connectivity index (χ0v) is 10.2. The first-order valence-corrected chi connectivity index (χ1v) is 4.78. The monoisotopic (exact) mass is 244 g/mol. The summed E-state index contributed by atoms with van der Waals surface area (Å²) < 4.78 is 5.00. The first-order valence-electron chi connectivity index (χ1n) is 4.78. The molecule has 0 aliphatic rings. The maximum Gasteiger partial charge on any atom is 0.240 e. The Labute approximate surface area is 102 Å². The number of hydrogen-bond donors (Lipinski definition) is 2. The molecule has 1 aromatic rings. The van der Waals surface area contributed by atoms with Gasteiger partial charge in [0.1, 0.15) is 0 Å². The van der Waals surface area contributed by atoms with Crippen LogP contribution in [0.5, 0.6) is 0 Å². The van der Waals surface area contributed by atoms with Crippen LogP contribution in [0.25, 0.3) is 0 Å². The van der Waals surface area contributed by atoms with E-state index in [0.717, 1.165) is 11.3 Å². The minimum Gasteiger partial charge on any atom is -0.380 e. The molecule has 1 atom stereocenters. The standard InChI is InChI=1S/C11H16N2O2.ClH/c1-8(12)11(14)13-10-5-3-4-9(6-10)7-15-2;/h3-6,8H,7,12H2,1-2H3,(H,13,14);1H/t8-;/m0./s1. The highest BCUT2D eigenvalue weighted by atomic mass is 35.5. The lowest BCUT2D eigenvalue weighted by Crippen LogP contribution is -2.32. The van der Waals surface area contributed by atoms with Gasteiger partial charge in [0.15, 0.2) is 0 Å². The predicted molar refractivity (Wildman–Crippen MR) is 66.7 cm³/mol. The van der Waals surface area contributed by atoms with Crippen molar-refractivity contribution >= 4 is 24.0 Å². The summed E-state index contributed by atoms with van der Waals surface area (Å²) in [6.45, 7) is 2.18. The van der Waals surface area contributed by atoms with Crippen molar-refractivity contribution in [1.82, 2.24) is 0 Å². The van der Waals surface area contributed by atoms with Crippen LogP contribution in [-0.2, 0) is 16.1 Å². The van der Waals surface area contributed by atoms with Crippen LogP contribution < -0.4 is 11.1 Å². The van der Waals surface area contributed by atoms with Crippen molar-refractivity contribution in [2.45, 2.75) is 19.6 Å². The van der Waals surface area contributed by atoms with Gasteiger partial charge >= 0.3 is 0 Å². The summed E-state index contributed by atoms with van der Waals surface area (Å²) in [6.07, 6.45) is 0. The molecule has 0 heterocycles. The number of ether oxygens (including phenoxy) is 1. The number of rotatable bonds is 4. The van der Waals surface area contributed by atoms with Crippen molar-refractivity contribution in [1.29, 1.82) is 0 Å². The van der Waals surface area contributed by atoms with Crippen molar-refractivity contribution in [2.24, 2.45) is 5.73 Å². The summed E-state index contributed by atoms with van der Waals surface area (Å²) in [5.74, 6) is -0.190. The highest BCUT2D eigenvalue weighted by molar-refractivity contribution is 5.94. The molecule has 1 amide bonds. The minimum atomic E-state index is -0.504. The van der Waals surface area contributed by atoms with Crippen LogP contribution in [0.3, 0.4) is 0 Å². The second kappa shape index (κ2) is 7.22. The number of halogens is 1. The van der Waals surface area contributed by atoms with Gasteiger partial charge in [0.25, 0.3) is 0 Å². The van der Waals surface area contributed by atoms with Crippen molar-refractivity contribution in [2.75, 3.05) is 12.4 Å². The van der Waals surface area contributed by atoms with Gasteiger partial charge in [-0.05, 0) is 24.6 Å². The van der Waals surface area contributed by atoms with E-state index in [1.165, 1.54) is 0 Å². The molecule has 3 N–H and O–H groups in total. The normalized spacial score (nSPS) is 11.4. The van der Waals surface area contributed by atoms with E-state index in [4.69, 9.17) is 10.5 Å². The number of hydrogen-bond acceptors (Lipinski definition) is 3. The molecule has 1 rings (SSSR count). The van der Waals surface area contributed by atoms with Crippen LogP contribution >= 0.6 is 12.4 Å². The van der Waals surface area contributed by atoms with Gasteiger partial charge in [-0.25, -0.2) is 0 Å². The van der Waals surface area contributed by atoms with Gasteiger partial charge in [0, 0.05) is 12.8 Å². The topological polar surface area (TPSA) is 64.3 Å². The highest BCUT2D eigenvalue weighted by Crippen LogP contribution is 2.11. The van der Waals surface area contributed by atoms with Crippen molar-refractivity contribution in [3.8, 4) is 0 Å². The summed E-state index contributed by atoms with van der Waals surface area (Å²) in [4.78, 5) is 11.3. The van der Waals surface area contributed by atoms with E-state index in [-0.39, 0.29) is 18.3 Å². The number of benzene rings is 1. The number of anilines is 1. The number of carbonyl (C=O) groups is 1. The maximum absolute atomic E-state index is 11.3. The van der Waals surface area contributed by atoms with E-state index >= 15 is 0 Å². The molecule has 90 valence electrons. The van der Waals surface area contributed by atoms with E-state index in [9.17, 15) is 4.79 Å². The average Bonchev–Trinajstić information content (AvgIpc) is 2.18. The molecule has 5 heteroatoms. The van der Waals surface area contributed by atoms with Crippen LogP contribution in [0.15, 0.2) is 24.3 Å². The van der Waals surface area contributed by atoms with Crippen LogP contribution in [0, 0.1) is 0 Å². The third-order valence-corrected chi connectivity index (χ3v) is 1.92. The number of amides is 1. The molecular formula is C11H17ClN2O2. The molecule has 0 spiro atoms. The van der Waals surface area contributed by atoms with Gasteiger partial charge < -0.3 is 15.8 Å². The number of carbonyl (C=O) groups excluding carboxylic acids is 1. The molecule has 0 bridgehead atoms. The minimum absolute atomic E-state index is 0. The Bertz CT molecular complexity index is 343. The molecule has 0 fully saturated rings. The first-order chi connectivity index (χ1) is 7.13. The van der Waals surface area contributed by atoms with Crippen molar-refractivity contribution in [3.63, 3.8) is 0 Å². The Morgan fingerprint density at radius 3 is 2.81 bits per heavy atom. The van der Waals surface area contributed by atoms with Gasteiger partial charge in [-0.3, -0.25) is 4.79 Å². The number of nitrogens with one attached hydrogen (secondary N) is 1. The van der Waals surface area contributed by atoms with Crippen molar-refractivity contribution < 1.29 is 9.53 Å². The van der Waals surface area contributed by atoms with Gasteiger partial charge in [0.2, 0.25) is 5.91 Å². The zero-order valence-electron chi connectivity index (χ0n) is 9.40. The Balaban J connectivity index is 0.00000225. The summed E-state index contributed by atoms with van der Waals surface area (Å²) in [5.41, 5.74) is 7.20. The fraction of sp³-hybridized carbons (Fsp3) is 0.364. The smallest absolute Gasteiger partial charge is 0.240 e. The van der Waals surface area contributed by atoms with E-state index in [1.807, 2.05) is 24.3 Å². The Hall–Kier alpha value is -1.10.